The van der Waals surface area contributed by atoms with Gasteiger partial charge in [-0.1, -0.05) is 149 Å². The Labute approximate surface area is 421 Å². The van der Waals surface area contributed by atoms with Crippen LogP contribution in [0.4, 0.5) is 11.4 Å². The van der Waals surface area contributed by atoms with Crippen molar-refractivity contribution in [2.45, 2.75) is 149 Å². The number of anilines is 2. The second-order valence-electron chi connectivity index (χ2n) is 21.1. The van der Waals surface area contributed by atoms with Gasteiger partial charge >= 0.3 is 0 Å². The van der Waals surface area contributed by atoms with Crippen LogP contribution < -0.4 is 15.5 Å². The molecule has 0 amide bonds. The number of hydrogen-bond donors (Lipinski definition) is 1. The van der Waals surface area contributed by atoms with Crippen LogP contribution in [0.2, 0.25) is 0 Å². The lowest BCUT2D eigenvalue weighted by Crippen LogP contribution is -2.39. The molecule has 3 unspecified atom stereocenters. The molecule has 2 N–H and O–H groups in total. The van der Waals surface area contributed by atoms with Gasteiger partial charge in [0.15, 0.2) is 0 Å². The van der Waals surface area contributed by atoms with Gasteiger partial charge in [0.2, 0.25) is 0 Å². The molecule has 0 radical (unpaired) electrons. The summed E-state index contributed by atoms with van der Waals surface area (Å²) in [4.78, 5) is 15.3. The number of hydrogen-bond acceptors (Lipinski definition) is 3. The van der Waals surface area contributed by atoms with Gasteiger partial charge in [-0.3, -0.25) is 4.99 Å². The van der Waals surface area contributed by atoms with Crippen molar-refractivity contribution < 1.29 is 0 Å². The highest BCUT2D eigenvalue weighted by Gasteiger charge is 2.35. The molecule has 2 aliphatic heterocycles. The van der Waals surface area contributed by atoms with Crippen LogP contribution in [0.1, 0.15) is 139 Å². The first-order valence-electron chi connectivity index (χ1n) is 26.4. The average Bonchev–Trinajstić information content (AvgIpc) is 3.85. The predicted octanol–water partition coefficient (Wildman–Crippen LogP) is 16.1. The SMILES string of the molecule is C=CCCCC(C)N1c2ccccc2CC1C/C=C(C=C)/C1=C/Cc2ccccc2N(C(=C)/C=C\C2=C(C)C(C)(C)c3cc(CN=C(N=C(N)C4=C[C@H](C)CCC4)C4CC=CCC4)ccc32)C(=C)CC1. The molecular formula is C65H79N5. The van der Waals surface area contributed by atoms with Crippen molar-refractivity contribution in [2.24, 2.45) is 27.6 Å². The van der Waals surface area contributed by atoms with Gasteiger partial charge < -0.3 is 15.5 Å². The van der Waals surface area contributed by atoms with E-state index in [2.05, 4.69) is 173 Å². The van der Waals surface area contributed by atoms with E-state index >= 15 is 0 Å². The molecule has 70 heavy (non-hydrogen) atoms. The molecule has 0 saturated carbocycles. The fraction of sp³-hybridized carbons (Fsp3) is 0.385. The lowest BCUT2D eigenvalue weighted by Gasteiger charge is -2.33. The number of rotatable bonds is 16. The molecular weight excluding hydrogens is 851 g/mol. The topological polar surface area (TPSA) is 57.2 Å². The summed E-state index contributed by atoms with van der Waals surface area (Å²) < 4.78 is 0. The number of amidine groups is 2. The van der Waals surface area contributed by atoms with Crippen molar-refractivity contribution in [3.63, 3.8) is 0 Å². The number of benzene rings is 3. The zero-order chi connectivity index (χ0) is 49.4. The maximum atomic E-state index is 6.71. The minimum absolute atomic E-state index is 0.142. The second-order valence-corrected chi connectivity index (χ2v) is 21.1. The van der Waals surface area contributed by atoms with Crippen LogP contribution in [0.15, 0.2) is 191 Å². The van der Waals surface area contributed by atoms with Crippen molar-refractivity contribution in [2.75, 3.05) is 9.80 Å². The summed E-state index contributed by atoms with van der Waals surface area (Å²) in [5.74, 6) is 2.37. The summed E-state index contributed by atoms with van der Waals surface area (Å²) in [6, 6.07) is 25.5. The average molecular weight is 930 g/mol. The Morgan fingerprint density at radius 3 is 2.50 bits per heavy atom. The normalized spacial score (nSPS) is 22.9. The molecule has 0 saturated heterocycles. The molecule has 3 aliphatic carbocycles. The Balaban J connectivity index is 0.991. The van der Waals surface area contributed by atoms with Gasteiger partial charge in [0, 0.05) is 46.2 Å². The number of unbranched alkanes of at least 4 members (excludes halogenated alkanes) is 1. The third-order valence-electron chi connectivity index (χ3n) is 16.0. The highest BCUT2D eigenvalue weighted by Crippen LogP contribution is 2.47. The molecule has 4 atom stereocenters. The summed E-state index contributed by atoms with van der Waals surface area (Å²) in [5, 5.41) is 0. The number of nitrogens with two attached hydrogens (primary N) is 1. The number of aliphatic imine (C=N–C) groups is 2. The maximum Gasteiger partial charge on any atom is 0.129 e. The van der Waals surface area contributed by atoms with Gasteiger partial charge in [-0.2, -0.15) is 0 Å². The highest BCUT2D eigenvalue weighted by atomic mass is 15.2. The molecule has 0 aromatic heterocycles. The molecule has 0 bridgehead atoms. The van der Waals surface area contributed by atoms with E-state index in [1.54, 1.807) is 0 Å². The van der Waals surface area contributed by atoms with Crippen LogP contribution in [-0.4, -0.2) is 23.8 Å². The van der Waals surface area contributed by atoms with Crippen molar-refractivity contribution in [1.82, 2.24) is 0 Å². The lowest BCUT2D eigenvalue weighted by atomic mass is 9.81. The van der Waals surface area contributed by atoms with Gasteiger partial charge in [0.1, 0.15) is 11.7 Å². The first-order chi connectivity index (χ1) is 33.9. The third-order valence-corrected chi connectivity index (χ3v) is 16.0. The van der Waals surface area contributed by atoms with Crippen LogP contribution >= 0.6 is 0 Å². The fourth-order valence-electron chi connectivity index (χ4n) is 11.6. The van der Waals surface area contributed by atoms with Gasteiger partial charge in [0.25, 0.3) is 0 Å². The molecule has 2 heterocycles. The van der Waals surface area contributed by atoms with Crippen LogP contribution in [-0.2, 0) is 24.8 Å². The highest BCUT2D eigenvalue weighted by molar-refractivity contribution is 6.05. The maximum absolute atomic E-state index is 6.71. The van der Waals surface area contributed by atoms with E-state index in [0.29, 0.717) is 30.4 Å². The molecule has 8 rings (SSSR count). The molecule has 5 heteroatoms. The Morgan fingerprint density at radius 2 is 1.74 bits per heavy atom. The quantitative estimate of drug-likeness (QED) is 0.0512. The fourth-order valence-corrected chi connectivity index (χ4v) is 11.6. The third kappa shape index (κ3) is 11.2. The number of nitrogens with zero attached hydrogens (tertiary/aromatic N) is 4. The van der Waals surface area contributed by atoms with Crippen LogP contribution in [0.3, 0.4) is 0 Å². The van der Waals surface area contributed by atoms with Crippen molar-refractivity contribution in [3.05, 3.63) is 209 Å². The van der Waals surface area contributed by atoms with E-state index in [0.717, 1.165) is 106 Å². The number of fused-ring (bicyclic) bond motifs is 3. The molecule has 0 fully saturated rings. The van der Waals surface area contributed by atoms with Crippen molar-refractivity contribution in [3.8, 4) is 0 Å². The summed E-state index contributed by atoms with van der Waals surface area (Å²) in [6.45, 7) is 30.0. The van der Waals surface area contributed by atoms with Gasteiger partial charge in [-0.25, -0.2) is 4.99 Å². The zero-order valence-electron chi connectivity index (χ0n) is 43.2. The van der Waals surface area contributed by atoms with E-state index in [1.165, 1.54) is 67.8 Å². The van der Waals surface area contributed by atoms with E-state index in [9.17, 15) is 0 Å². The van der Waals surface area contributed by atoms with E-state index < -0.39 is 0 Å². The van der Waals surface area contributed by atoms with Gasteiger partial charge in [-0.15, -0.1) is 6.58 Å². The minimum Gasteiger partial charge on any atom is -0.383 e. The largest absolute Gasteiger partial charge is 0.383 e. The van der Waals surface area contributed by atoms with Crippen molar-refractivity contribution in [1.29, 1.82) is 0 Å². The Hall–Kier alpha value is -6.20. The molecule has 5 nitrogen and oxygen atoms in total. The molecule has 0 spiro atoms. The smallest absolute Gasteiger partial charge is 0.129 e. The zero-order valence-corrected chi connectivity index (χ0v) is 43.2. The number of para-hydroxylation sites is 2. The molecule has 5 aliphatic rings. The van der Waals surface area contributed by atoms with Gasteiger partial charge in [-0.05, 0) is 178 Å². The van der Waals surface area contributed by atoms with Crippen LogP contribution in [0.25, 0.3) is 5.57 Å². The summed E-state index contributed by atoms with van der Waals surface area (Å²) in [7, 11) is 0. The minimum atomic E-state index is -0.142. The standard InChI is InChI=1S/C65H79N5/c1-10-12-14-23-46(4)70-57(43-55-27-18-20-30-62(55)70)38-37-51(11-2)52-34-31-47(5)69(61-29-19-17-24-53(61)36-35-52)48(6)32-39-58-49(7)65(8,9)60-42-50(33-40-59(58)60)44-67-64(54-25-15-13-16-26-54)68-63(66)56-28-21-22-45(3)41-56/h10-11,13,15,17-20,24,27,29-30,32-33,35,37,39-42,45-46,54,57H,1-2,5-6,12,14,16,21-23,25-26,28,31,34,36,38,43-44H2,3-4,7-9H3,(H2,66,67,68)/b39-32-,51-37+,52-35+/t45-,46?,54?,57?/m1/s1. The van der Waals surface area contributed by atoms with Crippen LogP contribution in [0, 0.1) is 11.8 Å². The molecule has 364 valence electrons. The van der Waals surface area contributed by atoms with Crippen molar-refractivity contribution >= 4 is 28.6 Å². The van der Waals surface area contributed by atoms with E-state index in [4.69, 9.17) is 28.9 Å². The van der Waals surface area contributed by atoms with E-state index in [-0.39, 0.29) is 11.3 Å². The second kappa shape index (κ2) is 22.7. The van der Waals surface area contributed by atoms with Crippen LogP contribution in [0.5, 0.6) is 0 Å². The number of allylic oxidation sites excluding steroid dienone is 13. The van der Waals surface area contributed by atoms with Gasteiger partial charge in [0.05, 0.1) is 6.54 Å². The predicted molar refractivity (Wildman–Crippen MR) is 303 cm³/mol. The summed E-state index contributed by atoms with van der Waals surface area (Å²) in [5.41, 5.74) is 23.9. The first-order valence-corrected chi connectivity index (χ1v) is 26.4. The first kappa shape index (κ1) is 50.2. The van der Waals surface area contributed by atoms with E-state index in [1.807, 2.05) is 6.08 Å². The molecule has 3 aromatic rings. The Bertz CT molecular complexity index is 2720. The molecule has 3 aromatic carbocycles. The summed E-state index contributed by atoms with van der Waals surface area (Å²) >= 11 is 0. The Morgan fingerprint density at radius 1 is 0.957 bits per heavy atom. The Kier molecular flexibility index (Phi) is 16.3. The monoisotopic (exact) mass is 930 g/mol. The lowest BCUT2D eigenvalue weighted by molar-refractivity contribution is 0.512. The summed E-state index contributed by atoms with van der Waals surface area (Å²) in [6.07, 6.45) is 34.7.